The van der Waals surface area contributed by atoms with Gasteiger partial charge in [-0.1, -0.05) is 0 Å². The van der Waals surface area contributed by atoms with Gasteiger partial charge >= 0.3 is 0 Å². The van der Waals surface area contributed by atoms with Gasteiger partial charge in [0.1, 0.15) is 0 Å². The van der Waals surface area contributed by atoms with Crippen molar-refractivity contribution in [1.82, 2.24) is 20.9 Å². The molecule has 0 radical (unpaired) electrons. The molecule has 0 aromatic carbocycles. The van der Waals surface area contributed by atoms with E-state index in [0.717, 1.165) is 49.3 Å². The van der Waals surface area contributed by atoms with Crippen molar-refractivity contribution in [2.24, 2.45) is 4.99 Å². The Bertz CT molecular complexity index is 592. The Kier molecular flexibility index (Phi) is 8.89. The third-order valence-corrected chi connectivity index (χ3v) is 5.45. The van der Waals surface area contributed by atoms with Gasteiger partial charge in [0.25, 0.3) is 0 Å². The summed E-state index contributed by atoms with van der Waals surface area (Å²) in [7, 11) is 0. The van der Waals surface area contributed by atoms with E-state index in [1.807, 2.05) is 0 Å². The number of thiazole rings is 1. The van der Waals surface area contributed by atoms with Gasteiger partial charge in [0, 0.05) is 57.0 Å². The number of nitrogens with zero attached hydrogens (tertiary/aromatic N) is 3. The SMILES string of the molecule is CCNC(=NCCc1csc(N2CCCC2)n1)NC1CCC(=O)NC1.I. The third-order valence-electron chi connectivity index (χ3n) is 4.50. The van der Waals surface area contributed by atoms with Crippen molar-refractivity contribution in [1.29, 1.82) is 0 Å². The van der Waals surface area contributed by atoms with Crippen molar-refractivity contribution in [3.8, 4) is 0 Å². The number of carbonyl (C=O) groups is 1. The zero-order chi connectivity index (χ0) is 17.5. The molecule has 9 heteroatoms. The summed E-state index contributed by atoms with van der Waals surface area (Å²) in [6, 6.07) is 0.247. The van der Waals surface area contributed by atoms with Crippen molar-refractivity contribution in [3.63, 3.8) is 0 Å². The van der Waals surface area contributed by atoms with Gasteiger partial charge in [0.2, 0.25) is 5.91 Å². The largest absolute Gasteiger partial charge is 0.357 e. The molecule has 1 amide bonds. The topological polar surface area (TPSA) is 81.7 Å². The van der Waals surface area contributed by atoms with E-state index < -0.39 is 0 Å². The lowest BCUT2D eigenvalue weighted by molar-refractivity contribution is -0.122. The van der Waals surface area contributed by atoms with Crippen molar-refractivity contribution >= 4 is 52.3 Å². The fourth-order valence-electron chi connectivity index (χ4n) is 3.12. The molecule has 7 nitrogen and oxygen atoms in total. The molecule has 3 N–H and O–H groups in total. The minimum absolute atomic E-state index is 0. The molecule has 146 valence electrons. The maximum absolute atomic E-state index is 11.3. The highest BCUT2D eigenvalue weighted by Crippen LogP contribution is 2.24. The Hall–Kier alpha value is -1.10. The number of halogens is 1. The highest BCUT2D eigenvalue weighted by Gasteiger charge is 2.19. The zero-order valence-electron chi connectivity index (χ0n) is 15.3. The van der Waals surface area contributed by atoms with Crippen molar-refractivity contribution < 1.29 is 4.79 Å². The molecular weight excluding hydrogens is 463 g/mol. The van der Waals surface area contributed by atoms with E-state index in [9.17, 15) is 4.79 Å². The highest BCUT2D eigenvalue weighted by molar-refractivity contribution is 14.0. The van der Waals surface area contributed by atoms with Gasteiger partial charge in [-0.3, -0.25) is 9.79 Å². The van der Waals surface area contributed by atoms with Crippen LogP contribution in [0.4, 0.5) is 5.13 Å². The number of carbonyl (C=O) groups excluding carboxylic acids is 1. The van der Waals surface area contributed by atoms with Crippen LogP contribution in [0.25, 0.3) is 0 Å². The smallest absolute Gasteiger partial charge is 0.220 e. The van der Waals surface area contributed by atoms with Crippen LogP contribution in [-0.4, -0.2) is 55.6 Å². The van der Waals surface area contributed by atoms with Gasteiger partial charge < -0.3 is 20.9 Å². The second kappa shape index (κ2) is 10.9. The molecule has 0 aliphatic carbocycles. The molecule has 2 aliphatic rings. The summed E-state index contributed by atoms with van der Waals surface area (Å²) < 4.78 is 0. The number of nitrogens with one attached hydrogen (secondary N) is 3. The Morgan fingerprint density at radius 3 is 2.96 bits per heavy atom. The summed E-state index contributed by atoms with van der Waals surface area (Å²) in [6.45, 7) is 6.52. The van der Waals surface area contributed by atoms with Gasteiger partial charge in [-0.05, 0) is 26.2 Å². The van der Waals surface area contributed by atoms with E-state index in [-0.39, 0.29) is 35.9 Å². The number of amides is 1. The van der Waals surface area contributed by atoms with Crippen LogP contribution in [0.2, 0.25) is 0 Å². The fourth-order valence-corrected chi connectivity index (χ4v) is 4.03. The number of aromatic nitrogens is 1. The molecule has 1 unspecified atom stereocenters. The minimum Gasteiger partial charge on any atom is -0.357 e. The van der Waals surface area contributed by atoms with E-state index in [1.165, 1.54) is 12.8 Å². The predicted molar refractivity (Wildman–Crippen MR) is 118 cm³/mol. The Labute approximate surface area is 176 Å². The van der Waals surface area contributed by atoms with E-state index in [1.54, 1.807) is 11.3 Å². The Balaban J connectivity index is 0.00000243. The van der Waals surface area contributed by atoms with E-state index >= 15 is 0 Å². The Morgan fingerprint density at radius 1 is 1.46 bits per heavy atom. The van der Waals surface area contributed by atoms with Crippen molar-refractivity contribution in [2.45, 2.75) is 45.1 Å². The fraction of sp³-hybridized carbons (Fsp3) is 0.706. The summed E-state index contributed by atoms with van der Waals surface area (Å²) in [5.74, 6) is 0.955. The second-order valence-electron chi connectivity index (χ2n) is 6.51. The van der Waals surface area contributed by atoms with Gasteiger partial charge in [0.15, 0.2) is 11.1 Å². The van der Waals surface area contributed by atoms with Crippen LogP contribution >= 0.6 is 35.3 Å². The van der Waals surface area contributed by atoms with Gasteiger partial charge in [-0.15, -0.1) is 35.3 Å². The van der Waals surface area contributed by atoms with Crippen LogP contribution in [0.5, 0.6) is 0 Å². The van der Waals surface area contributed by atoms with E-state index in [0.29, 0.717) is 19.5 Å². The average molecular weight is 492 g/mol. The summed E-state index contributed by atoms with van der Waals surface area (Å²) in [6.07, 6.45) is 4.83. The molecule has 26 heavy (non-hydrogen) atoms. The van der Waals surface area contributed by atoms with Crippen molar-refractivity contribution in [3.05, 3.63) is 11.1 Å². The number of guanidine groups is 1. The molecule has 2 aliphatic heterocycles. The molecule has 1 atom stereocenters. The number of aliphatic imine (C=N–C) groups is 1. The van der Waals surface area contributed by atoms with Gasteiger partial charge in [0.05, 0.1) is 5.69 Å². The van der Waals surface area contributed by atoms with E-state index in [2.05, 4.69) is 38.1 Å². The van der Waals surface area contributed by atoms with E-state index in [4.69, 9.17) is 4.98 Å². The second-order valence-corrected chi connectivity index (χ2v) is 7.35. The number of piperidine rings is 1. The average Bonchev–Trinajstić information content (AvgIpc) is 3.28. The standard InChI is InChI=1S/C17H28N6OS.HI/c1-2-18-16(21-13-5-6-15(24)20-11-13)19-8-7-14-12-25-17(22-14)23-9-3-4-10-23;/h12-13H,2-11H2,1H3,(H,20,24)(H2,18,19,21);1H. The van der Waals surface area contributed by atoms with Crippen LogP contribution in [0.1, 0.15) is 38.3 Å². The lowest BCUT2D eigenvalue weighted by atomic mass is 10.1. The molecule has 0 saturated carbocycles. The Morgan fingerprint density at radius 2 is 2.27 bits per heavy atom. The molecule has 1 aromatic heterocycles. The summed E-state index contributed by atoms with van der Waals surface area (Å²) in [4.78, 5) is 23.0. The van der Waals surface area contributed by atoms with Gasteiger partial charge in [-0.25, -0.2) is 4.98 Å². The first-order valence-electron chi connectivity index (χ1n) is 9.25. The molecule has 0 bridgehead atoms. The predicted octanol–water partition coefficient (Wildman–Crippen LogP) is 1.74. The molecule has 2 fully saturated rings. The molecular formula is C17H29IN6OS. The first-order chi connectivity index (χ1) is 12.2. The van der Waals surface area contributed by atoms with Crippen LogP contribution in [0, 0.1) is 0 Å². The third kappa shape index (κ3) is 6.26. The normalized spacial score (nSPS) is 20.5. The highest BCUT2D eigenvalue weighted by atomic mass is 127. The minimum atomic E-state index is 0. The number of hydrogen-bond acceptors (Lipinski definition) is 5. The molecule has 0 spiro atoms. The van der Waals surface area contributed by atoms with Crippen molar-refractivity contribution in [2.75, 3.05) is 37.6 Å². The maximum Gasteiger partial charge on any atom is 0.220 e. The zero-order valence-corrected chi connectivity index (χ0v) is 18.4. The van der Waals surface area contributed by atoms with Crippen LogP contribution in [0.3, 0.4) is 0 Å². The summed E-state index contributed by atoms with van der Waals surface area (Å²) >= 11 is 1.74. The number of rotatable bonds is 6. The monoisotopic (exact) mass is 492 g/mol. The first-order valence-corrected chi connectivity index (χ1v) is 10.1. The molecule has 2 saturated heterocycles. The number of hydrogen-bond donors (Lipinski definition) is 3. The van der Waals surface area contributed by atoms with Crippen LogP contribution in [0.15, 0.2) is 10.4 Å². The summed E-state index contributed by atoms with van der Waals surface area (Å²) in [5.41, 5.74) is 1.12. The lowest BCUT2D eigenvalue weighted by Crippen LogP contribution is -2.51. The van der Waals surface area contributed by atoms with Gasteiger partial charge in [-0.2, -0.15) is 0 Å². The molecule has 3 heterocycles. The first kappa shape index (κ1) is 21.2. The lowest BCUT2D eigenvalue weighted by Gasteiger charge is -2.25. The number of anilines is 1. The maximum atomic E-state index is 11.3. The quantitative estimate of drug-likeness (QED) is 0.320. The molecule has 1 aromatic rings. The van der Waals surface area contributed by atoms with Crippen LogP contribution in [-0.2, 0) is 11.2 Å². The summed E-state index contributed by atoms with van der Waals surface area (Å²) in [5, 5.41) is 12.9. The molecule has 3 rings (SSSR count). The van der Waals surface area contributed by atoms with Crippen LogP contribution < -0.4 is 20.9 Å².